The molecule has 1 saturated heterocycles. The highest BCUT2D eigenvalue weighted by atomic mass is 15.3. The molecule has 1 atom stereocenters. The molecule has 1 fully saturated rings. The monoisotopic (exact) mass is 381 g/mol. The standard InChI is InChI=1S/C21H31N7/c1-16(17-8-7-9-18(14-17)27-11-5-6-12-27)24-21(22-2)23-15-20-26-25-19-10-3-4-13-28(19)20/h7-9,14,16H,3-6,10-13,15H2,1-2H3,(H2,22,23,24). The summed E-state index contributed by atoms with van der Waals surface area (Å²) in [5.41, 5.74) is 2.59. The lowest BCUT2D eigenvalue weighted by molar-refractivity contribution is 0.504. The molecule has 28 heavy (non-hydrogen) atoms. The minimum absolute atomic E-state index is 0.168. The molecule has 0 aliphatic carbocycles. The molecule has 2 N–H and O–H groups in total. The molecule has 1 aromatic carbocycles. The Morgan fingerprint density at radius 1 is 1.14 bits per heavy atom. The maximum Gasteiger partial charge on any atom is 0.191 e. The van der Waals surface area contributed by atoms with Crippen LogP contribution in [-0.4, -0.2) is 40.9 Å². The third-order valence-electron chi connectivity index (χ3n) is 5.77. The largest absolute Gasteiger partial charge is 0.372 e. The predicted octanol–water partition coefficient (Wildman–Crippen LogP) is 2.64. The number of nitrogens with zero attached hydrogens (tertiary/aromatic N) is 5. The molecule has 2 aliphatic heterocycles. The van der Waals surface area contributed by atoms with Crippen LogP contribution >= 0.6 is 0 Å². The average Bonchev–Trinajstić information content (AvgIpc) is 3.41. The first-order valence-electron chi connectivity index (χ1n) is 10.5. The Kier molecular flexibility index (Phi) is 5.78. The number of anilines is 1. The molecule has 150 valence electrons. The first-order chi connectivity index (χ1) is 13.7. The van der Waals surface area contributed by atoms with E-state index in [1.807, 2.05) is 7.05 Å². The summed E-state index contributed by atoms with van der Waals surface area (Å²) >= 11 is 0. The normalized spacial score (nSPS) is 18.1. The number of aliphatic imine (C=N–C) groups is 1. The van der Waals surface area contributed by atoms with Crippen LogP contribution in [0.4, 0.5) is 5.69 Å². The molecular formula is C21H31N7. The lowest BCUT2D eigenvalue weighted by atomic mass is 10.1. The zero-order valence-electron chi connectivity index (χ0n) is 17.0. The van der Waals surface area contributed by atoms with Crippen LogP contribution in [0.3, 0.4) is 0 Å². The topological polar surface area (TPSA) is 70.4 Å². The summed E-state index contributed by atoms with van der Waals surface area (Å²) < 4.78 is 2.24. The number of hydrogen-bond acceptors (Lipinski definition) is 4. The van der Waals surface area contributed by atoms with Crippen LogP contribution in [0.2, 0.25) is 0 Å². The van der Waals surface area contributed by atoms with Crippen molar-refractivity contribution in [2.75, 3.05) is 25.0 Å². The van der Waals surface area contributed by atoms with Gasteiger partial charge in [-0.3, -0.25) is 4.99 Å². The van der Waals surface area contributed by atoms with E-state index in [1.54, 1.807) is 0 Å². The number of nitrogens with one attached hydrogen (secondary N) is 2. The minimum atomic E-state index is 0.168. The van der Waals surface area contributed by atoms with E-state index in [9.17, 15) is 0 Å². The lowest BCUT2D eigenvalue weighted by Crippen LogP contribution is -2.39. The van der Waals surface area contributed by atoms with Crippen LogP contribution in [0, 0.1) is 0 Å². The summed E-state index contributed by atoms with van der Waals surface area (Å²) in [5, 5.41) is 15.6. The van der Waals surface area contributed by atoms with E-state index >= 15 is 0 Å². The van der Waals surface area contributed by atoms with Gasteiger partial charge in [0.05, 0.1) is 12.6 Å². The van der Waals surface area contributed by atoms with E-state index in [0.29, 0.717) is 6.54 Å². The van der Waals surface area contributed by atoms with Crippen molar-refractivity contribution in [2.45, 2.75) is 58.2 Å². The number of aryl methyl sites for hydroxylation is 1. The van der Waals surface area contributed by atoms with E-state index < -0.39 is 0 Å². The maximum absolute atomic E-state index is 4.39. The first kappa shape index (κ1) is 18.8. The second kappa shape index (κ2) is 8.63. The van der Waals surface area contributed by atoms with Gasteiger partial charge in [0.25, 0.3) is 0 Å². The molecule has 0 amide bonds. The fourth-order valence-electron chi connectivity index (χ4n) is 4.11. The van der Waals surface area contributed by atoms with Crippen molar-refractivity contribution in [1.29, 1.82) is 0 Å². The molecule has 4 rings (SSSR count). The average molecular weight is 382 g/mol. The van der Waals surface area contributed by atoms with Crippen LogP contribution in [0.15, 0.2) is 29.3 Å². The van der Waals surface area contributed by atoms with E-state index in [-0.39, 0.29) is 6.04 Å². The summed E-state index contributed by atoms with van der Waals surface area (Å²) in [4.78, 5) is 6.86. The number of hydrogen-bond donors (Lipinski definition) is 2. The van der Waals surface area contributed by atoms with Gasteiger partial charge in [0.1, 0.15) is 5.82 Å². The van der Waals surface area contributed by atoms with Crippen LogP contribution in [0.5, 0.6) is 0 Å². The molecule has 2 aromatic rings. The number of benzene rings is 1. The Bertz CT molecular complexity index is 820. The fourth-order valence-corrected chi connectivity index (χ4v) is 4.11. The van der Waals surface area contributed by atoms with Crippen LogP contribution in [0.25, 0.3) is 0 Å². The Morgan fingerprint density at radius 2 is 1.96 bits per heavy atom. The molecule has 0 radical (unpaired) electrons. The third-order valence-corrected chi connectivity index (χ3v) is 5.77. The second-order valence-electron chi connectivity index (χ2n) is 7.72. The molecule has 1 aromatic heterocycles. The van der Waals surface area contributed by atoms with Crippen LogP contribution in [0.1, 0.15) is 55.9 Å². The van der Waals surface area contributed by atoms with Gasteiger partial charge in [-0.05, 0) is 50.3 Å². The van der Waals surface area contributed by atoms with E-state index in [4.69, 9.17) is 0 Å². The van der Waals surface area contributed by atoms with Gasteiger partial charge in [0.2, 0.25) is 0 Å². The SMILES string of the molecule is CN=C(NCc1nnc2n1CCCC2)NC(C)c1cccc(N2CCCC2)c1. The maximum atomic E-state index is 4.39. The van der Waals surface area contributed by atoms with Gasteiger partial charge in [0, 0.05) is 38.8 Å². The molecule has 1 unspecified atom stereocenters. The third kappa shape index (κ3) is 4.13. The van der Waals surface area contributed by atoms with Gasteiger partial charge >= 0.3 is 0 Å². The Labute approximate surface area is 167 Å². The van der Waals surface area contributed by atoms with Crippen LogP contribution in [-0.2, 0) is 19.5 Å². The summed E-state index contributed by atoms with van der Waals surface area (Å²) in [7, 11) is 1.81. The van der Waals surface area contributed by atoms with Crippen LogP contribution < -0.4 is 15.5 Å². The number of guanidine groups is 1. The van der Waals surface area contributed by atoms with Crippen molar-refractivity contribution in [1.82, 2.24) is 25.4 Å². The molecule has 0 spiro atoms. The van der Waals surface area contributed by atoms with Gasteiger partial charge in [-0.1, -0.05) is 12.1 Å². The fraction of sp³-hybridized carbons (Fsp3) is 0.571. The Balaban J connectivity index is 1.37. The van der Waals surface area contributed by atoms with Gasteiger partial charge in [0.15, 0.2) is 11.8 Å². The zero-order chi connectivity index (χ0) is 19.3. The van der Waals surface area contributed by atoms with E-state index in [2.05, 4.69) is 66.5 Å². The summed E-state index contributed by atoms with van der Waals surface area (Å²) in [6, 6.07) is 9.01. The minimum Gasteiger partial charge on any atom is -0.372 e. The van der Waals surface area contributed by atoms with Gasteiger partial charge < -0.3 is 20.1 Å². The lowest BCUT2D eigenvalue weighted by Gasteiger charge is -2.22. The number of rotatable bonds is 5. The summed E-state index contributed by atoms with van der Waals surface area (Å²) in [5.74, 6) is 2.88. The molecule has 2 aliphatic rings. The second-order valence-corrected chi connectivity index (χ2v) is 7.72. The molecule has 0 bridgehead atoms. The number of fused-ring (bicyclic) bond motifs is 1. The Hall–Kier alpha value is -2.57. The predicted molar refractivity (Wildman–Crippen MR) is 113 cm³/mol. The molecule has 7 nitrogen and oxygen atoms in total. The Morgan fingerprint density at radius 3 is 2.79 bits per heavy atom. The van der Waals surface area contributed by atoms with Gasteiger partial charge in [-0.25, -0.2) is 0 Å². The highest BCUT2D eigenvalue weighted by molar-refractivity contribution is 5.80. The van der Waals surface area contributed by atoms with E-state index in [0.717, 1.165) is 43.7 Å². The molecule has 7 heteroatoms. The molecule has 3 heterocycles. The van der Waals surface area contributed by atoms with Gasteiger partial charge in [-0.15, -0.1) is 10.2 Å². The molecular weight excluding hydrogens is 350 g/mol. The highest BCUT2D eigenvalue weighted by Crippen LogP contribution is 2.24. The van der Waals surface area contributed by atoms with Crippen molar-refractivity contribution in [3.63, 3.8) is 0 Å². The van der Waals surface area contributed by atoms with Gasteiger partial charge in [-0.2, -0.15) is 0 Å². The zero-order valence-corrected chi connectivity index (χ0v) is 17.0. The smallest absolute Gasteiger partial charge is 0.191 e. The van der Waals surface area contributed by atoms with Crippen molar-refractivity contribution >= 4 is 11.6 Å². The highest BCUT2D eigenvalue weighted by Gasteiger charge is 2.17. The summed E-state index contributed by atoms with van der Waals surface area (Å²) in [6.45, 7) is 6.15. The number of aromatic nitrogens is 3. The van der Waals surface area contributed by atoms with Crippen molar-refractivity contribution in [3.05, 3.63) is 41.5 Å². The van der Waals surface area contributed by atoms with Crippen molar-refractivity contribution in [3.8, 4) is 0 Å². The first-order valence-corrected chi connectivity index (χ1v) is 10.5. The quantitative estimate of drug-likeness (QED) is 0.615. The van der Waals surface area contributed by atoms with Crippen molar-refractivity contribution < 1.29 is 0 Å². The van der Waals surface area contributed by atoms with Crippen molar-refractivity contribution in [2.24, 2.45) is 4.99 Å². The summed E-state index contributed by atoms with van der Waals surface area (Å²) in [6.07, 6.45) is 6.03. The molecule has 0 saturated carbocycles. The van der Waals surface area contributed by atoms with E-state index in [1.165, 1.54) is 36.9 Å².